The number of carbonyl (C=O) groups excluding carboxylic acids is 3. The first-order valence-corrected chi connectivity index (χ1v) is 13.1. The summed E-state index contributed by atoms with van der Waals surface area (Å²) in [6, 6.07) is 1.53. The van der Waals surface area contributed by atoms with Gasteiger partial charge in [0.25, 0.3) is 0 Å². The lowest BCUT2D eigenvalue weighted by atomic mass is 9.95. The van der Waals surface area contributed by atoms with E-state index in [1.165, 1.54) is 5.01 Å². The second kappa shape index (κ2) is 16.6. The third-order valence-corrected chi connectivity index (χ3v) is 6.37. The number of aliphatic hydroxyl groups is 1. The number of nitrogens with one attached hydrogen (secondary N) is 4. The maximum absolute atomic E-state index is 12.9. The molecule has 12 N–H and O–H groups in total. The summed E-state index contributed by atoms with van der Waals surface area (Å²) in [6.45, 7) is -1.37. The summed E-state index contributed by atoms with van der Waals surface area (Å²) in [5.41, 5.74) is 14.7. The first kappa shape index (κ1) is 34.4. The molecule has 0 aromatic heterocycles. The number of hydrazine groups is 1. The first-order valence-electron chi connectivity index (χ1n) is 13.1. The van der Waals surface area contributed by atoms with Gasteiger partial charge in [-0.15, -0.1) is 0 Å². The minimum absolute atomic E-state index is 0.0234. The lowest BCUT2D eigenvalue weighted by Crippen LogP contribution is -2.61. The van der Waals surface area contributed by atoms with Gasteiger partial charge in [-0.1, -0.05) is 24.3 Å². The van der Waals surface area contributed by atoms with Crippen LogP contribution >= 0.6 is 0 Å². The van der Waals surface area contributed by atoms with Crippen LogP contribution in [0.15, 0.2) is 29.3 Å². The molecule has 43 heavy (non-hydrogen) atoms. The number of hydrogen-bond donors (Lipinski definition) is 10. The fraction of sp³-hybridized carbons (Fsp3) is 0.480. The Morgan fingerprint density at radius 3 is 2.21 bits per heavy atom. The highest BCUT2D eigenvalue weighted by Crippen LogP contribution is 2.22. The van der Waals surface area contributed by atoms with Gasteiger partial charge in [0.1, 0.15) is 24.2 Å². The van der Waals surface area contributed by atoms with E-state index in [1.54, 1.807) is 24.3 Å². The van der Waals surface area contributed by atoms with Crippen molar-refractivity contribution in [2.75, 3.05) is 19.7 Å². The third-order valence-electron chi connectivity index (χ3n) is 6.37. The minimum atomic E-state index is -1.69. The van der Waals surface area contributed by atoms with Crippen LogP contribution in [0.1, 0.15) is 30.4 Å². The summed E-state index contributed by atoms with van der Waals surface area (Å²) in [5.74, 6) is -7.15. The van der Waals surface area contributed by atoms with E-state index in [0.29, 0.717) is 0 Å². The van der Waals surface area contributed by atoms with E-state index in [2.05, 4.69) is 26.4 Å². The Kier molecular flexibility index (Phi) is 13.3. The second-order valence-electron chi connectivity index (χ2n) is 9.60. The Hall–Kier alpha value is -4.81. The van der Waals surface area contributed by atoms with Crippen LogP contribution < -0.4 is 32.8 Å². The molecule has 18 nitrogen and oxygen atoms in total. The maximum Gasteiger partial charge on any atom is 0.326 e. The number of benzene rings is 1. The molecule has 18 heteroatoms. The van der Waals surface area contributed by atoms with Crippen molar-refractivity contribution in [3.05, 3.63) is 35.4 Å². The Morgan fingerprint density at radius 1 is 0.953 bits per heavy atom. The van der Waals surface area contributed by atoms with Crippen LogP contribution in [-0.4, -0.2) is 111 Å². The van der Waals surface area contributed by atoms with Gasteiger partial charge >= 0.3 is 17.9 Å². The van der Waals surface area contributed by atoms with Gasteiger partial charge in [-0.3, -0.25) is 29.0 Å². The van der Waals surface area contributed by atoms with Crippen LogP contribution in [0.25, 0.3) is 0 Å². The van der Waals surface area contributed by atoms with Crippen molar-refractivity contribution in [1.82, 2.24) is 26.4 Å². The molecular weight excluding hydrogens is 572 g/mol. The molecule has 0 saturated carbocycles. The number of carbonyl (C=O) groups is 6. The van der Waals surface area contributed by atoms with E-state index in [0.717, 1.165) is 11.1 Å². The smallest absolute Gasteiger partial charge is 0.326 e. The average Bonchev–Trinajstić information content (AvgIpc) is 2.94. The number of carboxylic acid groups (broad SMARTS) is 3. The average molecular weight is 609 g/mol. The predicted molar refractivity (Wildman–Crippen MR) is 148 cm³/mol. The molecule has 0 bridgehead atoms. The largest absolute Gasteiger partial charge is 0.481 e. The highest BCUT2D eigenvalue weighted by Gasteiger charge is 2.35. The van der Waals surface area contributed by atoms with Crippen LogP contribution in [0.2, 0.25) is 0 Å². The van der Waals surface area contributed by atoms with Crippen LogP contribution in [0.4, 0.5) is 0 Å². The fourth-order valence-electron chi connectivity index (χ4n) is 4.21. The van der Waals surface area contributed by atoms with E-state index in [4.69, 9.17) is 11.5 Å². The third kappa shape index (κ3) is 11.2. The molecule has 1 aromatic rings. The van der Waals surface area contributed by atoms with Crippen LogP contribution in [-0.2, 0) is 41.7 Å². The van der Waals surface area contributed by atoms with Gasteiger partial charge in [-0.25, -0.2) is 15.2 Å². The summed E-state index contributed by atoms with van der Waals surface area (Å²) < 4.78 is 0. The van der Waals surface area contributed by atoms with Crippen LogP contribution in [0.3, 0.4) is 0 Å². The molecule has 1 aliphatic rings. The number of aliphatic hydroxyl groups excluding tert-OH is 1. The van der Waals surface area contributed by atoms with Gasteiger partial charge in [0.05, 0.1) is 19.6 Å². The van der Waals surface area contributed by atoms with E-state index in [-0.39, 0.29) is 38.3 Å². The van der Waals surface area contributed by atoms with E-state index in [1.807, 2.05) is 0 Å². The number of hydrogen-bond acceptors (Lipinski definition) is 10. The number of amides is 3. The fourth-order valence-corrected chi connectivity index (χ4v) is 4.21. The Balaban J connectivity index is 2.01. The van der Waals surface area contributed by atoms with E-state index >= 15 is 0 Å². The standard InChI is InChI=1S/C25H36N8O10/c26-25(27)28-7-3-6-15(23(40)41)30-19(35)10-29-21(38)16(9-20(36)37)31-22(39)17(12-34)32-33-11-14-5-2-1-4-13(14)8-18(33)24(42)43/h1-2,4-5,15-18,32,34H,3,6-12H2,(H,29,38)(H,30,35)(H,31,39)(H,36,37)(H,40,41)(H,42,43)(H4,26,27,28)/t15-,16-,17-,18?/m0/s1. The summed E-state index contributed by atoms with van der Waals surface area (Å²) in [7, 11) is 0. The molecule has 0 saturated heterocycles. The predicted octanol–water partition coefficient (Wildman–Crippen LogP) is -3.94. The van der Waals surface area contributed by atoms with Gasteiger partial charge in [0.15, 0.2) is 5.96 Å². The Bertz CT molecular complexity index is 1220. The Morgan fingerprint density at radius 2 is 1.63 bits per heavy atom. The molecule has 0 spiro atoms. The summed E-state index contributed by atoms with van der Waals surface area (Å²) in [6.07, 6.45) is -0.575. The summed E-state index contributed by atoms with van der Waals surface area (Å²) in [5, 5.41) is 45.9. The van der Waals surface area contributed by atoms with Crippen molar-refractivity contribution in [2.24, 2.45) is 16.5 Å². The first-order chi connectivity index (χ1) is 20.3. The Labute approximate surface area is 245 Å². The summed E-state index contributed by atoms with van der Waals surface area (Å²) in [4.78, 5) is 76.3. The van der Waals surface area contributed by atoms with Crippen molar-refractivity contribution in [3.63, 3.8) is 0 Å². The number of fused-ring (bicyclic) bond motifs is 1. The SMILES string of the molecule is NC(N)=NCCC[C@H](NC(=O)CNC(=O)[C@H](CC(=O)O)NC(=O)[C@H](CO)NN1Cc2ccccc2CC1C(=O)O)C(=O)O. The highest BCUT2D eigenvalue weighted by atomic mass is 16.4. The molecule has 1 aromatic carbocycles. The maximum atomic E-state index is 12.9. The molecule has 3 amide bonds. The van der Waals surface area contributed by atoms with Gasteiger partial charge < -0.3 is 47.8 Å². The second-order valence-corrected chi connectivity index (χ2v) is 9.60. The van der Waals surface area contributed by atoms with Crippen LogP contribution in [0.5, 0.6) is 0 Å². The van der Waals surface area contributed by atoms with Gasteiger partial charge in [0, 0.05) is 19.5 Å². The molecule has 0 fully saturated rings. The van der Waals surface area contributed by atoms with Crippen molar-refractivity contribution >= 4 is 41.6 Å². The summed E-state index contributed by atoms with van der Waals surface area (Å²) >= 11 is 0. The number of aliphatic carboxylic acids is 3. The molecule has 0 radical (unpaired) electrons. The van der Waals surface area contributed by atoms with Gasteiger partial charge in [0.2, 0.25) is 17.7 Å². The van der Waals surface area contributed by atoms with Crippen molar-refractivity contribution in [3.8, 4) is 0 Å². The molecule has 236 valence electrons. The molecule has 1 aliphatic heterocycles. The number of aliphatic imine (C=N–C) groups is 1. The normalized spacial score (nSPS) is 16.4. The zero-order chi connectivity index (χ0) is 32.1. The number of guanidine groups is 1. The van der Waals surface area contributed by atoms with E-state index < -0.39 is 79.4 Å². The van der Waals surface area contributed by atoms with Crippen molar-refractivity contribution in [1.29, 1.82) is 0 Å². The minimum Gasteiger partial charge on any atom is -0.481 e. The van der Waals surface area contributed by atoms with E-state index in [9.17, 15) is 49.2 Å². The number of nitrogens with two attached hydrogens (primary N) is 2. The zero-order valence-corrected chi connectivity index (χ0v) is 23.1. The molecule has 0 aliphatic carbocycles. The number of carboxylic acids is 3. The topological polar surface area (TPSA) is 299 Å². The molecule has 4 atom stereocenters. The highest BCUT2D eigenvalue weighted by molar-refractivity contribution is 5.94. The lowest BCUT2D eigenvalue weighted by molar-refractivity contribution is -0.148. The van der Waals surface area contributed by atoms with Gasteiger partial charge in [-0.05, 0) is 24.0 Å². The van der Waals surface area contributed by atoms with Gasteiger partial charge in [-0.2, -0.15) is 0 Å². The number of rotatable bonds is 17. The van der Waals surface area contributed by atoms with Crippen LogP contribution in [0, 0.1) is 0 Å². The monoisotopic (exact) mass is 608 g/mol. The number of nitrogens with zero attached hydrogens (tertiary/aromatic N) is 2. The lowest BCUT2D eigenvalue weighted by Gasteiger charge is -2.36. The molecule has 2 rings (SSSR count). The quantitative estimate of drug-likeness (QED) is 0.0459. The zero-order valence-electron chi connectivity index (χ0n) is 23.1. The molecular formula is C25H36N8O10. The van der Waals surface area contributed by atoms with Crippen molar-refractivity contribution < 1.29 is 49.2 Å². The molecule has 1 unspecified atom stereocenters. The van der Waals surface area contributed by atoms with Crippen molar-refractivity contribution in [2.45, 2.75) is 56.4 Å². The molecule has 1 heterocycles.